The maximum Gasteiger partial charge on any atom is 0.0564 e. The highest BCUT2D eigenvalue weighted by Crippen LogP contribution is 2.12. The minimum absolute atomic E-state index is 0.567. The molecule has 0 aromatic carbocycles. The van der Waals surface area contributed by atoms with E-state index >= 15 is 0 Å². The lowest BCUT2D eigenvalue weighted by molar-refractivity contribution is 0.595. The van der Waals surface area contributed by atoms with E-state index in [0.717, 1.165) is 13.0 Å². The molecule has 0 atom stereocenters. The van der Waals surface area contributed by atoms with E-state index < -0.39 is 0 Å². The first-order valence-corrected chi connectivity index (χ1v) is 5.48. The Labute approximate surface area is 92.2 Å². The normalized spacial score (nSPS) is 12.5. The SMILES string of the molecule is CC(=CCCNC(C)C)c1cnn(C)c1. The van der Waals surface area contributed by atoms with Gasteiger partial charge in [0, 0.05) is 24.8 Å². The van der Waals surface area contributed by atoms with Crippen LogP contribution in [-0.2, 0) is 7.05 Å². The van der Waals surface area contributed by atoms with E-state index in [1.165, 1.54) is 11.1 Å². The van der Waals surface area contributed by atoms with Gasteiger partial charge in [0.2, 0.25) is 0 Å². The van der Waals surface area contributed by atoms with Crippen molar-refractivity contribution in [3.63, 3.8) is 0 Å². The molecular weight excluding hydrogens is 186 g/mol. The standard InChI is InChI=1S/C12H21N3/c1-10(2)13-7-5-6-11(3)12-8-14-15(4)9-12/h6,8-10,13H,5,7H2,1-4H3. The average Bonchev–Trinajstić information content (AvgIpc) is 2.59. The molecule has 15 heavy (non-hydrogen) atoms. The maximum atomic E-state index is 4.15. The molecule has 84 valence electrons. The first-order valence-electron chi connectivity index (χ1n) is 5.48. The molecule has 0 fully saturated rings. The van der Waals surface area contributed by atoms with Crippen LogP contribution < -0.4 is 5.32 Å². The molecule has 1 rings (SSSR count). The Morgan fingerprint density at radius 3 is 2.87 bits per heavy atom. The molecule has 0 aliphatic heterocycles. The zero-order valence-electron chi connectivity index (χ0n) is 10.1. The third-order valence-corrected chi connectivity index (χ3v) is 2.31. The Morgan fingerprint density at radius 1 is 1.60 bits per heavy atom. The second-order valence-corrected chi connectivity index (χ2v) is 4.19. The van der Waals surface area contributed by atoms with Crippen LogP contribution in [0.4, 0.5) is 0 Å². The molecule has 1 N–H and O–H groups in total. The fourth-order valence-corrected chi connectivity index (χ4v) is 1.40. The van der Waals surface area contributed by atoms with Crippen LogP contribution in [0.3, 0.4) is 0 Å². The van der Waals surface area contributed by atoms with E-state index in [-0.39, 0.29) is 0 Å². The van der Waals surface area contributed by atoms with Crippen molar-refractivity contribution < 1.29 is 0 Å². The van der Waals surface area contributed by atoms with Gasteiger partial charge in [0.15, 0.2) is 0 Å². The summed E-state index contributed by atoms with van der Waals surface area (Å²) in [6.45, 7) is 7.50. The van der Waals surface area contributed by atoms with Gasteiger partial charge < -0.3 is 5.32 Å². The van der Waals surface area contributed by atoms with E-state index in [9.17, 15) is 0 Å². The van der Waals surface area contributed by atoms with E-state index in [4.69, 9.17) is 0 Å². The molecular formula is C12H21N3. The van der Waals surface area contributed by atoms with Gasteiger partial charge in [-0.15, -0.1) is 0 Å². The summed E-state index contributed by atoms with van der Waals surface area (Å²) >= 11 is 0. The van der Waals surface area contributed by atoms with Crippen molar-refractivity contribution in [3.05, 3.63) is 24.0 Å². The van der Waals surface area contributed by atoms with Gasteiger partial charge in [0.25, 0.3) is 0 Å². The second kappa shape index (κ2) is 5.71. The summed E-state index contributed by atoms with van der Waals surface area (Å²) in [6, 6.07) is 0.567. The minimum atomic E-state index is 0.567. The van der Waals surface area contributed by atoms with Crippen molar-refractivity contribution in [1.82, 2.24) is 15.1 Å². The average molecular weight is 207 g/mol. The van der Waals surface area contributed by atoms with Crippen LogP contribution in [0.2, 0.25) is 0 Å². The Bertz CT molecular complexity index is 323. The van der Waals surface area contributed by atoms with Gasteiger partial charge in [0.05, 0.1) is 6.20 Å². The van der Waals surface area contributed by atoms with Crippen molar-refractivity contribution in [2.75, 3.05) is 6.54 Å². The van der Waals surface area contributed by atoms with Crippen molar-refractivity contribution in [1.29, 1.82) is 0 Å². The second-order valence-electron chi connectivity index (χ2n) is 4.19. The van der Waals surface area contributed by atoms with Gasteiger partial charge in [-0.1, -0.05) is 19.9 Å². The van der Waals surface area contributed by atoms with Crippen LogP contribution >= 0.6 is 0 Å². The van der Waals surface area contributed by atoms with Gasteiger partial charge in [-0.25, -0.2) is 0 Å². The summed E-state index contributed by atoms with van der Waals surface area (Å²) in [7, 11) is 1.94. The highest BCUT2D eigenvalue weighted by molar-refractivity contribution is 5.62. The van der Waals surface area contributed by atoms with Crippen molar-refractivity contribution >= 4 is 5.57 Å². The molecule has 0 bridgehead atoms. The number of aryl methyl sites for hydroxylation is 1. The first kappa shape index (κ1) is 12.0. The molecule has 1 heterocycles. The Balaban J connectivity index is 2.39. The van der Waals surface area contributed by atoms with E-state index in [2.05, 4.69) is 37.3 Å². The number of allylic oxidation sites excluding steroid dienone is 1. The third kappa shape index (κ3) is 4.30. The molecule has 0 unspecified atom stereocenters. The Hall–Kier alpha value is -1.09. The molecule has 0 spiro atoms. The van der Waals surface area contributed by atoms with E-state index in [1.54, 1.807) is 0 Å². The molecule has 3 heteroatoms. The van der Waals surface area contributed by atoms with E-state index in [0.29, 0.717) is 6.04 Å². The number of hydrogen-bond acceptors (Lipinski definition) is 2. The van der Waals surface area contributed by atoms with Crippen molar-refractivity contribution in [2.24, 2.45) is 7.05 Å². The van der Waals surface area contributed by atoms with Gasteiger partial charge in [-0.3, -0.25) is 4.68 Å². The van der Waals surface area contributed by atoms with Crippen LogP contribution in [0.1, 0.15) is 32.8 Å². The fraction of sp³-hybridized carbons (Fsp3) is 0.583. The van der Waals surface area contributed by atoms with Gasteiger partial charge in [-0.2, -0.15) is 5.10 Å². The zero-order chi connectivity index (χ0) is 11.3. The molecule has 0 radical (unpaired) electrons. The lowest BCUT2D eigenvalue weighted by Crippen LogP contribution is -2.23. The van der Waals surface area contributed by atoms with Crippen molar-refractivity contribution in [2.45, 2.75) is 33.2 Å². The molecule has 0 aliphatic carbocycles. The highest BCUT2D eigenvalue weighted by atomic mass is 15.2. The summed E-state index contributed by atoms with van der Waals surface area (Å²) < 4.78 is 1.83. The summed E-state index contributed by atoms with van der Waals surface area (Å²) in [6.07, 6.45) is 7.27. The number of nitrogens with one attached hydrogen (secondary N) is 1. The molecule has 1 aromatic heterocycles. The summed E-state index contributed by atoms with van der Waals surface area (Å²) in [5.74, 6) is 0. The summed E-state index contributed by atoms with van der Waals surface area (Å²) in [4.78, 5) is 0. The molecule has 0 saturated carbocycles. The molecule has 1 aromatic rings. The topological polar surface area (TPSA) is 29.9 Å². The maximum absolute atomic E-state index is 4.15. The van der Waals surface area contributed by atoms with Crippen molar-refractivity contribution in [3.8, 4) is 0 Å². The predicted molar refractivity (Wildman–Crippen MR) is 64.6 cm³/mol. The van der Waals surface area contributed by atoms with Crippen LogP contribution in [0.25, 0.3) is 5.57 Å². The molecule has 0 amide bonds. The Morgan fingerprint density at radius 2 is 2.33 bits per heavy atom. The lowest BCUT2D eigenvalue weighted by Gasteiger charge is -2.05. The monoisotopic (exact) mass is 207 g/mol. The number of rotatable bonds is 5. The van der Waals surface area contributed by atoms with Gasteiger partial charge in [-0.05, 0) is 25.5 Å². The smallest absolute Gasteiger partial charge is 0.0564 e. The van der Waals surface area contributed by atoms with Crippen LogP contribution in [0.15, 0.2) is 18.5 Å². The first-order chi connectivity index (χ1) is 7.09. The largest absolute Gasteiger partial charge is 0.314 e. The fourth-order valence-electron chi connectivity index (χ4n) is 1.40. The third-order valence-electron chi connectivity index (χ3n) is 2.31. The van der Waals surface area contributed by atoms with E-state index in [1.807, 2.05) is 24.1 Å². The summed E-state index contributed by atoms with van der Waals surface area (Å²) in [5.41, 5.74) is 2.51. The van der Waals surface area contributed by atoms with Crippen LogP contribution in [0.5, 0.6) is 0 Å². The zero-order valence-corrected chi connectivity index (χ0v) is 10.1. The summed E-state index contributed by atoms with van der Waals surface area (Å²) in [5, 5.41) is 7.55. The van der Waals surface area contributed by atoms with Gasteiger partial charge >= 0.3 is 0 Å². The van der Waals surface area contributed by atoms with Crippen LogP contribution in [0, 0.1) is 0 Å². The van der Waals surface area contributed by atoms with Crippen LogP contribution in [-0.4, -0.2) is 22.4 Å². The number of aromatic nitrogens is 2. The molecule has 3 nitrogen and oxygen atoms in total. The molecule has 0 aliphatic rings. The predicted octanol–water partition coefficient (Wildman–Crippen LogP) is 2.21. The minimum Gasteiger partial charge on any atom is -0.314 e. The number of hydrogen-bond donors (Lipinski definition) is 1. The molecule has 0 saturated heterocycles. The Kier molecular flexibility index (Phi) is 4.56. The number of nitrogens with zero attached hydrogens (tertiary/aromatic N) is 2. The van der Waals surface area contributed by atoms with Gasteiger partial charge in [0.1, 0.15) is 0 Å². The lowest BCUT2D eigenvalue weighted by atomic mass is 10.1. The highest BCUT2D eigenvalue weighted by Gasteiger charge is 1.97. The quantitative estimate of drug-likeness (QED) is 0.750.